The molecule has 4 heteroatoms. The largest absolute Gasteiger partial charge is 0.445 e. The summed E-state index contributed by atoms with van der Waals surface area (Å²) in [5, 5.41) is 9.70. The number of aliphatic hydroxyl groups excluding tert-OH is 1. The summed E-state index contributed by atoms with van der Waals surface area (Å²) in [6.45, 7) is 1.11. The number of aliphatic hydroxyl groups is 1. The zero-order chi connectivity index (χ0) is 14.7. The maximum atomic E-state index is 12.4. The van der Waals surface area contributed by atoms with Gasteiger partial charge in [-0.25, -0.2) is 4.79 Å². The molecule has 1 spiro atoms. The first-order valence-corrected chi connectivity index (χ1v) is 7.86. The highest BCUT2D eigenvalue weighted by Crippen LogP contribution is 2.42. The highest BCUT2D eigenvalue weighted by atomic mass is 16.6. The summed E-state index contributed by atoms with van der Waals surface area (Å²) in [5.41, 5.74) is 0.950. The molecule has 1 saturated carbocycles. The minimum atomic E-state index is -0.201. The summed E-state index contributed by atoms with van der Waals surface area (Å²) in [7, 11) is 0. The van der Waals surface area contributed by atoms with Crippen LogP contribution in [0.5, 0.6) is 0 Å². The molecule has 1 aliphatic carbocycles. The number of amides is 1. The third kappa shape index (κ3) is 3.05. The van der Waals surface area contributed by atoms with Crippen molar-refractivity contribution in [3.63, 3.8) is 0 Å². The van der Waals surface area contributed by atoms with Crippen LogP contribution in [-0.4, -0.2) is 34.3 Å². The van der Waals surface area contributed by atoms with Gasteiger partial charge >= 0.3 is 6.09 Å². The van der Waals surface area contributed by atoms with Crippen LogP contribution in [0.15, 0.2) is 30.3 Å². The van der Waals surface area contributed by atoms with Crippen molar-refractivity contribution in [3.8, 4) is 0 Å². The van der Waals surface area contributed by atoms with Crippen molar-refractivity contribution >= 4 is 6.09 Å². The van der Waals surface area contributed by atoms with E-state index in [2.05, 4.69) is 0 Å². The molecule has 0 bridgehead atoms. The van der Waals surface area contributed by atoms with Crippen molar-refractivity contribution in [2.24, 2.45) is 0 Å². The van der Waals surface area contributed by atoms with Crippen molar-refractivity contribution in [1.82, 2.24) is 4.90 Å². The number of nitrogens with zero attached hydrogens (tertiary/aromatic N) is 1. The number of hydrogen-bond acceptors (Lipinski definition) is 3. The molecular formula is C17H23NO3. The smallest absolute Gasteiger partial charge is 0.410 e. The molecular weight excluding hydrogens is 266 g/mol. The molecule has 1 saturated heterocycles. The van der Waals surface area contributed by atoms with Gasteiger partial charge in [-0.05, 0) is 44.1 Å². The standard InChI is InChI=1S/C17H23NO3/c19-15-7-10-17(11-8-15)9-4-12-18(17)16(20)21-13-14-5-2-1-3-6-14/h1-3,5-6,15,19H,4,7-13H2. The Balaban J connectivity index is 1.61. The molecule has 2 aliphatic rings. The molecule has 1 heterocycles. The van der Waals surface area contributed by atoms with E-state index in [1.165, 1.54) is 0 Å². The van der Waals surface area contributed by atoms with Crippen LogP contribution in [0.4, 0.5) is 4.79 Å². The summed E-state index contributed by atoms with van der Waals surface area (Å²) in [5.74, 6) is 0. The van der Waals surface area contributed by atoms with Gasteiger partial charge in [-0.3, -0.25) is 0 Å². The zero-order valence-corrected chi connectivity index (χ0v) is 12.3. The molecule has 114 valence electrons. The Morgan fingerprint density at radius 3 is 2.67 bits per heavy atom. The van der Waals surface area contributed by atoms with Crippen LogP contribution in [0.3, 0.4) is 0 Å². The fourth-order valence-corrected chi connectivity index (χ4v) is 3.68. The molecule has 2 fully saturated rings. The fourth-order valence-electron chi connectivity index (χ4n) is 3.68. The van der Waals surface area contributed by atoms with Crippen LogP contribution in [-0.2, 0) is 11.3 Å². The van der Waals surface area contributed by atoms with Gasteiger partial charge in [-0.2, -0.15) is 0 Å². The summed E-state index contributed by atoms with van der Waals surface area (Å²) in [4.78, 5) is 14.3. The lowest BCUT2D eigenvalue weighted by Crippen LogP contribution is -2.50. The third-order valence-electron chi connectivity index (χ3n) is 4.91. The summed E-state index contributed by atoms with van der Waals surface area (Å²) < 4.78 is 5.49. The quantitative estimate of drug-likeness (QED) is 0.910. The second-order valence-electron chi connectivity index (χ2n) is 6.25. The first kappa shape index (κ1) is 14.4. The number of benzene rings is 1. The first-order valence-electron chi connectivity index (χ1n) is 7.86. The average molecular weight is 289 g/mol. The topological polar surface area (TPSA) is 49.8 Å². The third-order valence-corrected chi connectivity index (χ3v) is 4.91. The molecule has 21 heavy (non-hydrogen) atoms. The lowest BCUT2D eigenvalue weighted by Gasteiger charge is -2.42. The Morgan fingerprint density at radius 1 is 1.24 bits per heavy atom. The van der Waals surface area contributed by atoms with Crippen LogP contribution in [0.2, 0.25) is 0 Å². The van der Waals surface area contributed by atoms with Gasteiger partial charge in [0.15, 0.2) is 0 Å². The monoisotopic (exact) mass is 289 g/mol. The number of likely N-dealkylation sites (tertiary alicyclic amines) is 1. The van der Waals surface area contributed by atoms with E-state index in [0.717, 1.165) is 50.6 Å². The van der Waals surface area contributed by atoms with Crippen molar-refractivity contribution in [3.05, 3.63) is 35.9 Å². The average Bonchev–Trinajstić information content (AvgIpc) is 2.93. The normalized spacial score (nSPS) is 28.8. The number of carbonyl (C=O) groups excluding carboxylic acids is 1. The summed E-state index contributed by atoms with van der Waals surface area (Å²) >= 11 is 0. The maximum absolute atomic E-state index is 12.4. The number of carbonyl (C=O) groups is 1. The van der Waals surface area contributed by atoms with Gasteiger partial charge < -0.3 is 14.7 Å². The molecule has 3 rings (SSSR count). The van der Waals surface area contributed by atoms with E-state index >= 15 is 0 Å². The highest BCUT2D eigenvalue weighted by Gasteiger charge is 2.46. The van der Waals surface area contributed by atoms with Crippen LogP contribution in [0.25, 0.3) is 0 Å². The molecule has 0 unspecified atom stereocenters. The molecule has 4 nitrogen and oxygen atoms in total. The van der Waals surface area contributed by atoms with Gasteiger partial charge in [0.05, 0.1) is 6.10 Å². The molecule has 1 aliphatic heterocycles. The first-order chi connectivity index (χ1) is 10.2. The minimum Gasteiger partial charge on any atom is -0.445 e. The van der Waals surface area contributed by atoms with Gasteiger partial charge in [-0.1, -0.05) is 30.3 Å². The van der Waals surface area contributed by atoms with Crippen molar-refractivity contribution in [2.75, 3.05) is 6.54 Å². The highest BCUT2D eigenvalue weighted by molar-refractivity contribution is 5.69. The van der Waals surface area contributed by atoms with E-state index in [0.29, 0.717) is 6.61 Å². The van der Waals surface area contributed by atoms with E-state index in [1.54, 1.807) is 0 Å². The van der Waals surface area contributed by atoms with Crippen LogP contribution in [0.1, 0.15) is 44.1 Å². The van der Waals surface area contributed by atoms with E-state index in [-0.39, 0.29) is 17.7 Å². The Bertz CT molecular complexity index is 480. The predicted molar refractivity (Wildman–Crippen MR) is 79.8 cm³/mol. The number of rotatable bonds is 2. The number of ether oxygens (including phenoxy) is 1. The fraction of sp³-hybridized carbons (Fsp3) is 0.588. The van der Waals surface area contributed by atoms with E-state index in [9.17, 15) is 9.90 Å². The van der Waals surface area contributed by atoms with Crippen LogP contribution < -0.4 is 0 Å². The molecule has 1 aromatic rings. The molecule has 0 atom stereocenters. The Labute approximate surface area is 125 Å². The van der Waals surface area contributed by atoms with Gasteiger partial charge in [0, 0.05) is 12.1 Å². The molecule has 0 aromatic heterocycles. The maximum Gasteiger partial charge on any atom is 0.410 e. The Morgan fingerprint density at radius 2 is 1.95 bits per heavy atom. The predicted octanol–water partition coefficient (Wildman–Crippen LogP) is 3.09. The van der Waals surface area contributed by atoms with Gasteiger partial charge in [0.25, 0.3) is 0 Å². The van der Waals surface area contributed by atoms with Crippen molar-refractivity contribution < 1.29 is 14.6 Å². The van der Waals surface area contributed by atoms with Crippen LogP contribution in [0, 0.1) is 0 Å². The lowest BCUT2D eigenvalue weighted by atomic mass is 9.79. The van der Waals surface area contributed by atoms with E-state index in [4.69, 9.17) is 4.74 Å². The summed E-state index contributed by atoms with van der Waals surface area (Å²) in [6.07, 6.45) is 5.07. The van der Waals surface area contributed by atoms with Gasteiger partial charge in [0.2, 0.25) is 0 Å². The summed E-state index contributed by atoms with van der Waals surface area (Å²) in [6, 6.07) is 9.77. The molecule has 1 aromatic carbocycles. The zero-order valence-electron chi connectivity index (χ0n) is 12.3. The second kappa shape index (κ2) is 6.06. The molecule has 0 radical (unpaired) electrons. The minimum absolute atomic E-state index is 0.0625. The Kier molecular flexibility index (Phi) is 4.15. The van der Waals surface area contributed by atoms with Crippen molar-refractivity contribution in [1.29, 1.82) is 0 Å². The van der Waals surface area contributed by atoms with E-state index in [1.807, 2.05) is 35.2 Å². The lowest BCUT2D eigenvalue weighted by molar-refractivity contribution is 0.0197. The SMILES string of the molecule is O=C(OCc1ccccc1)N1CCCC12CCC(O)CC2. The van der Waals surface area contributed by atoms with Gasteiger partial charge in [0.1, 0.15) is 6.61 Å². The molecule has 1 amide bonds. The number of hydrogen-bond donors (Lipinski definition) is 1. The Hall–Kier alpha value is -1.55. The van der Waals surface area contributed by atoms with Crippen molar-refractivity contribution in [2.45, 2.75) is 56.8 Å². The second-order valence-corrected chi connectivity index (χ2v) is 6.25. The molecule has 1 N–H and O–H groups in total. The van der Waals surface area contributed by atoms with Gasteiger partial charge in [-0.15, -0.1) is 0 Å². The van der Waals surface area contributed by atoms with E-state index < -0.39 is 0 Å². The van der Waals surface area contributed by atoms with Crippen LogP contribution >= 0.6 is 0 Å².